The number of hydrogen-bond donors (Lipinski definition) is 2. The second-order valence-electron chi connectivity index (χ2n) is 8.33. The molecule has 2 heterocycles. The lowest BCUT2D eigenvalue weighted by molar-refractivity contribution is -0.115. The molecule has 2 aromatic rings. The van der Waals surface area contributed by atoms with Gasteiger partial charge in [0.15, 0.2) is 5.69 Å². The Morgan fingerprint density at radius 3 is 2.62 bits per heavy atom. The number of primary amides is 1. The van der Waals surface area contributed by atoms with Gasteiger partial charge in [-0.1, -0.05) is 32.0 Å². The summed E-state index contributed by atoms with van der Waals surface area (Å²) < 4.78 is 13.1. The van der Waals surface area contributed by atoms with E-state index < -0.39 is 5.91 Å². The van der Waals surface area contributed by atoms with Crippen LogP contribution >= 0.6 is 0 Å². The lowest BCUT2D eigenvalue weighted by atomic mass is 10.1. The average Bonchev–Trinajstić information content (AvgIpc) is 3.18. The molecular weight excluding hydrogens is 410 g/mol. The Kier molecular flexibility index (Phi) is 8.24. The van der Waals surface area contributed by atoms with E-state index in [1.54, 1.807) is 10.9 Å². The molecule has 2 amide bonds. The molecule has 1 fully saturated rings. The van der Waals surface area contributed by atoms with Crippen molar-refractivity contribution in [2.45, 2.75) is 33.2 Å². The molecule has 1 aliphatic rings. The second kappa shape index (κ2) is 11.1. The smallest absolute Gasteiger partial charge is 0.271 e. The molecule has 0 saturated carbocycles. The SMILES string of the molecule is CC(C)C(C)n1cnc(C(N)=O)c1NC(=O)Cc1ccccc1OCCN1CCOCC1. The Hall–Kier alpha value is -2.91. The fraction of sp³-hybridized carbons (Fsp3) is 0.522. The first-order valence-corrected chi connectivity index (χ1v) is 11.0. The zero-order valence-electron chi connectivity index (χ0n) is 19.0. The lowest BCUT2D eigenvalue weighted by Crippen LogP contribution is -2.38. The first kappa shape index (κ1) is 23.7. The molecule has 9 nitrogen and oxygen atoms in total. The van der Waals surface area contributed by atoms with Crippen LogP contribution in [0.15, 0.2) is 30.6 Å². The number of anilines is 1. The maximum Gasteiger partial charge on any atom is 0.271 e. The quantitative estimate of drug-likeness (QED) is 0.582. The molecule has 1 saturated heterocycles. The van der Waals surface area contributed by atoms with Gasteiger partial charge in [0.05, 0.1) is 26.0 Å². The maximum atomic E-state index is 12.9. The van der Waals surface area contributed by atoms with Gasteiger partial charge < -0.3 is 25.1 Å². The Bertz CT molecular complexity index is 921. The number of para-hydroxylation sites is 1. The van der Waals surface area contributed by atoms with Crippen LogP contribution in [0.5, 0.6) is 5.75 Å². The number of benzene rings is 1. The molecule has 0 spiro atoms. The minimum absolute atomic E-state index is 0.0294. The van der Waals surface area contributed by atoms with Crippen molar-refractivity contribution in [3.8, 4) is 5.75 Å². The summed E-state index contributed by atoms with van der Waals surface area (Å²) in [7, 11) is 0. The van der Waals surface area contributed by atoms with Crippen molar-refractivity contribution in [3.05, 3.63) is 41.9 Å². The van der Waals surface area contributed by atoms with Crippen molar-refractivity contribution in [3.63, 3.8) is 0 Å². The molecule has 1 aromatic heterocycles. The van der Waals surface area contributed by atoms with Gasteiger partial charge in [-0.15, -0.1) is 0 Å². The normalized spacial score (nSPS) is 15.5. The van der Waals surface area contributed by atoms with E-state index >= 15 is 0 Å². The van der Waals surface area contributed by atoms with Crippen LogP contribution in [0.3, 0.4) is 0 Å². The number of nitrogens with zero attached hydrogens (tertiary/aromatic N) is 3. The number of aromatic nitrogens is 2. The zero-order valence-corrected chi connectivity index (χ0v) is 19.0. The summed E-state index contributed by atoms with van der Waals surface area (Å²) in [5.74, 6) is 0.335. The fourth-order valence-electron chi connectivity index (χ4n) is 3.54. The zero-order chi connectivity index (χ0) is 23.1. The molecule has 32 heavy (non-hydrogen) atoms. The molecule has 1 atom stereocenters. The molecule has 1 aliphatic heterocycles. The van der Waals surface area contributed by atoms with Gasteiger partial charge in [0.2, 0.25) is 5.91 Å². The summed E-state index contributed by atoms with van der Waals surface area (Å²) in [4.78, 5) is 31.1. The van der Waals surface area contributed by atoms with E-state index in [2.05, 4.69) is 29.0 Å². The predicted octanol–water partition coefficient (Wildman–Crippen LogP) is 2.09. The van der Waals surface area contributed by atoms with Crippen molar-refractivity contribution in [1.29, 1.82) is 0 Å². The summed E-state index contributed by atoms with van der Waals surface area (Å²) >= 11 is 0. The van der Waals surface area contributed by atoms with Crippen molar-refractivity contribution in [2.75, 3.05) is 44.8 Å². The summed E-state index contributed by atoms with van der Waals surface area (Å²) in [6, 6.07) is 7.52. The first-order chi connectivity index (χ1) is 15.4. The maximum absolute atomic E-state index is 12.9. The van der Waals surface area contributed by atoms with Crippen molar-refractivity contribution in [2.24, 2.45) is 11.7 Å². The van der Waals surface area contributed by atoms with Gasteiger partial charge in [0.25, 0.3) is 5.91 Å². The van der Waals surface area contributed by atoms with Gasteiger partial charge in [-0.2, -0.15) is 0 Å². The number of ether oxygens (including phenoxy) is 2. The highest BCUT2D eigenvalue weighted by molar-refractivity contribution is 6.01. The third-order valence-corrected chi connectivity index (χ3v) is 5.78. The van der Waals surface area contributed by atoms with Crippen LogP contribution in [0, 0.1) is 5.92 Å². The number of morpholine rings is 1. The largest absolute Gasteiger partial charge is 0.492 e. The Balaban J connectivity index is 1.66. The van der Waals surface area contributed by atoms with Crippen LogP contribution in [-0.2, 0) is 16.0 Å². The van der Waals surface area contributed by atoms with Gasteiger partial charge in [-0.3, -0.25) is 14.5 Å². The monoisotopic (exact) mass is 443 g/mol. The fourth-order valence-corrected chi connectivity index (χ4v) is 3.54. The summed E-state index contributed by atoms with van der Waals surface area (Å²) in [5.41, 5.74) is 6.31. The molecule has 3 rings (SSSR count). The van der Waals surface area contributed by atoms with Crippen molar-refractivity contribution in [1.82, 2.24) is 14.5 Å². The first-order valence-electron chi connectivity index (χ1n) is 11.0. The second-order valence-corrected chi connectivity index (χ2v) is 8.33. The number of nitrogens with one attached hydrogen (secondary N) is 1. The standard InChI is InChI=1S/C23H33N5O4/c1-16(2)17(3)28-15-25-21(22(24)30)23(28)26-20(29)14-18-6-4-5-7-19(18)32-13-10-27-8-11-31-12-9-27/h4-7,15-17H,8-14H2,1-3H3,(H2,24,30)(H,26,29). The molecule has 9 heteroatoms. The van der Waals surface area contributed by atoms with Gasteiger partial charge in [0.1, 0.15) is 18.2 Å². The third kappa shape index (κ3) is 6.08. The van der Waals surface area contributed by atoms with E-state index in [1.807, 2.05) is 31.2 Å². The van der Waals surface area contributed by atoms with Crippen LogP contribution in [-0.4, -0.2) is 65.7 Å². The average molecular weight is 444 g/mol. The van der Waals surface area contributed by atoms with E-state index in [1.165, 1.54) is 0 Å². The van der Waals surface area contributed by atoms with E-state index in [9.17, 15) is 9.59 Å². The molecule has 1 aromatic carbocycles. The Morgan fingerprint density at radius 1 is 1.22 bits per heavy atom. The number of amides is 2. The van der Waals surface area contributed by atoms with Crippen LogP contribution in [0.4, 0.5) is 5.82 Å². The number of nitrogens with two attached hydrogens (primary N) is 1. The molecule has 3 N–H and O–H groups in total. The lowest BCUT2D eigenvalue weighted by Gasteiger charge is -2.26. The van der Waals surface area contributed by atoms with Crippen molar-refractivity contribution < 1.29 is 19.1 Å². The minimum atomic E-state index is -0.679. The van der Waals surface area contributed by atoms with Crippen LogP contribution in [0.1, 0.15) is 42.9 Å². The molecule has 0 bridgehead atoms. The molecule has 174 valence electrons. The number of carbonyl (C=O) groups is 2. The highest BCUT2D eigenvalue weighted by atomic mass is 16.5. The topological polar surface area (TPSA) is 112 Å². The van der Waals surface area contributed by atoms with Gasteiger partial charge >= 0.3 is 0 Å². The molecule has 0 radical (unpaired) electrons. The van der Waals surface area contributed by atoms with E-state index in [0.717, 1.165) is 38.4 Å². The summed E-state index contributed by atoms with van der Waals surface area (Å²) in [6.45, 7) is 10.8. The minimum Gasteiger partial charge on any atom is -0.492 e. The van der Waals surface area contributed by atoms with Crippen molar-refractivity contribution >= 4 is 17.6 Å². The Morgan fingerprint density at radius 2 is 1.94 bits per heavy atom. The van der Waals surface area contributed by atoms with E-state index in [-0.39, 0.29) is 30.0 Å². The molecule has 0 aliphatic carbocycles. The molecular formula is C23H33N5O4. The third-order valence-electron chi connectivity index (χ3n) is 5.78. The number of carbonyl (C=O) groups excluding carboxylic acids is 2. The summed E-state index contributed by atoms with van der Waals surface area (Å²) in [6.07, 6.45) is 1.65. The van der Waals surface area contributed by atoms with Gasteiger partial charge in [0, 0.05) is 31.2 Å². The Labute approximate surface area is 188 Å². The highest BCUT2D eigenvalue weighted by Crippen LogP contribution is 2.25. The number of imidazole rings is 1. The van der Waals surface area contributed by atoms with Crippen LogP contribution in [0.2, 0.25) is 0 Å². The molecule has 1 unspecified atom stereocenters. The van der Waals surface area contributed by atoms with Gasteiger partial charge in [-0.05, 0) is 18.9 Å². The van der Waals surface area contributed by atoms with Gasteiger partial charge in [-0.25, -0.2) is 4.98 Å². The predicted molar refractivity (Wildman–Crippen MR) is 122 cm³/mol. The van der Waals surface area contributed by atoms with Crippen LogP contribution in [0.25, 0.3) is 0 Å². The van der Waals surface area contributed by atoms with E-state index in [4.69, 9.17) is 15.2 Å². The number of hydrogen-bond acceptors (Lipinski definition) is 6. The number of rotatable bonds is 10. The van der Waals surface area contributed by atoms with Crippen LogP contribution < -0.4 is 15.8 Å². The highest BCUT2D eigenvalue weighted by Gasteiger charge is 2.22. The van der Waals surface area contributed by atoms with E-state index in [0.29, 0.717) is 18.2 Å². The summed E-state index contributed by atoms with van der Waals surface area (Å²) in [5, 5.41) is 2.84.